The van der Waals surface area contributed by atoms with Gasteiger partial charge in [-0.25, -0.2) is 4.79 Å². The van der Waals surface area contributed by atoms with E-state index in [-0.39, 0.29) is 11.9 Å². The van der Waals surface area contributed by atoms with E-state index < -0.39 is 47.6 Å². The summed E-state index contributed by atoms with van der Waals surface area (Å²) in [5.41, 5.74) is 5.15. The average molecular weight is 529 g/mol. The smallest absolute Gasteiger partial charge is 0.408 e. The number of nitrogens with two attached hydrogens (primary N) is 1. The van der Waals surface area contributed by atoms with Crippen LogP contribution in [0.4, 0.5) is 4.79 Å². The lowest BCUT2D eigenvalue weighted by molar-refractivity contribution is -0.149. The van der Waals surface area contributed by atoms with Gasteiger partial charge in [0.15, 0.2) is 0 Å². The predicted molar refractivity (Wildman–Crippen MR) is 148 cm³/mol. The van der Waals surface area contributed by atoms with Crippen LogP contribution in [0.15, 0.2) is 30.8 Å². The molecule has 0 saturated heterocycles. The van der Waals surface area contributed by atoms with E-state index >= 15 is 0 Å². The number of carbonyl (C=O) groups excluding carboxylic acids is 4. The van der Waals surface area contributed by atoms with Crippen molar-refractivity contribution < 1.29 is 23.9 Å². The third kappa shape index (κ3) is 9.19. The lowest BCUT2D eigenvalue weighted by Crippen LogP contribution is -2.59. The molecule has 2 rings (SSSR count). The Kier molecular flexibility index (Phi) is 10.5. The zero-order chi connectivity index (χ0) is 28.7. The third-order valence-electron chi connectivity index (χ3n) is 6.27. The molecule has 38 heavy (non-hydrogen) atoms. The second kappa shape index (κ2) is 12.9. The number of nitrogens with one attached hydrogen (secondary N) is 2. The van der Waals surface area contributed by atoms with Crippen LogP contribution in [0.25, 0.3) is 6.08 Å². The Morgan fingerprint density at radius 2 is 1.74 bits per heavy atom. The number of nitrogens with zero attached hydrogens (tertiary/aromatic N) is 1. The van der Waals surface area contributed by atoms with E-state index in [0.29, 0.717) is 5.56 Å². The third-order valence-corrected chi connectivity index (χ3v) is 6.27. The molecule has 0 aliphatic heterocycles. The van der Waals surface area contributed by atoms with Crippen molar-refractivity contribution in [1.82, 2.24) is 15.5 Å². The number of hydrogen-bond donors (Lipinski definition) is 3. The quantitative estimate of drug-likeness (QED) is 0.442. The highest BCUT2D eigenvalue weighted by molar-refractivity contribution is 5.95. The standard InChI is InChI=1S/C29H44N4O5/c1-8-19-13-12-14-20(17-19)24(25(35)31-21-15-10-9-11-16-21)33(28(2,3)4)26(36)22(18-23(30)34)32-27(37)38-29(5,6)7/h8,12-14,17,21-22,24H,1,9-11,15-16,18H2,2-7H3,(H2,30,34)(H,31,35)(H,32,37). The minimum absolute atomic E-state index is 0.0135. The number of rotatable bonds is 9. The molecule has 1 fully saturated rings. The fraction of sp³-hybridized carbons (Fsp3) is 0.586. The summed E-state index contributed by atoms with van der Waals surface area (Å²) in [6.07, 6.45) is 5.31. The lowest BCUT2D eigenvalue weighted by atomic mass is 9.92. The van der Waals surface area contributed by atoms with Crippen molar-refractivity contribution in [2.24, 2.45) is 5.73 Å². The van der Waals surface area contributed by atoms with Gasteiger partial charge in [0, 0.05) is 11.6 Å². The molecule has 0 aromatic heterocycles. The Bertz CT molecular complexity index is 1020. The fourth-order valence-electron chi connectivity index (χ4n) is 4.66. The topological polar surface area (TPSA) is 131 Å². The van der Waals surface area contributed by atoms with E-state index in [0.717, 1.165) is 37.7 Å². The van der Waals surface area contributed by atoms with E-state index in [9.17, 15) is 19.2 Å². The van der Waals surface area contributed by atoms with Crippen LogP contribution < -0.4 is 16.4 Å². The Morgan fingerprint density at radius 3 is 2.26 bits per heavy atom. The van der Waals surface area contributed by atoms with Crippen LogP contribution in [0.5, 0.6) is 0 Å². The summed E-state index contributed by atoms with van der Waals surface area (Å²) in [7, 11) is 0. The van der Waals surface area contributed by atoms with Crippen LogP contribution in [-0.2, 0) is 19.1 Å². The molecule has 2 unspecified atom stereocenters. The van der Waals surface area contributed by atoms with Crippen LogP contribution in [0.1, 0.15) is 97.2 Å². The van der Waals surface area contributed by atoms with Crippen molar-refractivity contribution in [3.05, 3.63) is 42.0 Å². The zero-order valence-corrected chi connectivity index (χ0v) is 23.6. The lowest BCUT2D eigenvalue weighted by Gasteiger charge is -2.43. The van der Waals surface area contributed by atoms with Crippen molar-refractivity contribution in [2.45, 2.75) is 109 Å². The van der Waals surface area contributed by atoms with E-state index in [4.69, 9.17) is 10.5 Å². The maximum Gasteiger partial charge on any atom is 0.408 e. The summed E-state index contributed by atoms with van der Waals surface area (Å²) >= 11 is 0. The summed E-state index contributed by atoms with van der Waals surface area (Å²) in [6, 6.07) is 4.92. The highest BCUT2D eigenvalue weighted by Gasteiger charge is 2.42. The molecule has 9 nitrogen and oxygen atoms in total. The van der Waals surface area contributed by atoms with Gasteiger partial charge in [-0.1, -0.05) is 50.1 Å². The first-order valence-corrected chi connectivity index (χ1v) is 13.3. The molecule has 1 aromatic carbocycles. The van der Waals surface area contributed by atoms with Crippen LogP contribution in [0, 0.1) is 0 Å². The van der Waals surface area contributed by atoms with E-state index in [1.807, 2.05) is 12.1 Å². The summed E-state index contributed by atoms with van der Waals surface area (Å²) in [5, 5.41) is 5.66. The molecule has 1 aliphatic rings. The number of benzene rings is 1. The number of primary amides is 1. The molecule has 4 amide bonds. The second-order valence-corrected chi connectivity index (χ2v) is 11.9. The number of alkyl carbamates (subject to hydrolysis) is 1. The summed E-state index contributed by atoms with van der Waals surface area (Å²) in [4.78, 5) is 54.0. The van der Waals surface area contributed by atoms with Crippen molar-refractivity contribution in [3.8, 4) is 0 Å². The second-order valence-electron chi connectivity index (χ2n) is 11.9. The molecule has 0 spiro atoms. The number of amides is 4. The van der Waals surface area contributed by atoms with Gasteiger partial charge in [-0.3, -0.25) is 14.4 Å². The van der Waals surface area contributed by atoms with E-state index in [2.05, 4.69) is 17.2 Å². The predicted octanol–water partition coefficient (Wildman–Crippen LogP) is 4.22. The van der Waals surface area contributed by atoms with Gasteiger partial charge in [0.2, 0.25) is 17.7 Å². The van der Waals surface area contributed by atoms with Gasteiger partial charge in [0.25, 0.3) is 0 Å². The van der Waals surface area contributed by atoms with Crippen molar-refractivity contribution in [3.63, 3.8) is 0 Å². The summed E-state index contributed by atoms with van der Waals surface area (Å²) in [6.45, 7) is 14.3. The molecule has 0 heterocycles. The molecule has 1 aromatic rings. The first-order chi connectivity index (χ1) is 17.6. The monoisotopic (exact) mass is 528 g/mol. The van der Waals surface area contributed by atoms with Crippen molar-refractivity contribution in [1.29, 1.82) is 0 Å². The van der Waals surface area contributed by atoms with Gasteiger partial charge >= 0.3 is 6.09 Å². The Labute approximate surface area is 226 Å². The minimum atomic E-state index is -1.32. The summed E-state index contributed by atoms with van der Waals surface area (Å²) < 4.78 is 5.33. The number of hydrogen-bond acceptors (Lipinski definition) is 5. The molecule has 210 valence electrons. The molecule has 1 saturated carbocycles. The maximum absolute atomic E-state index is 14.1. The Morgan fingerprint density at radius 1 is 1.11 bits per heavy atom. The largest absolute Gasteiger partial charge is 0.444 e. The normalized spacial score (nSPS) is 16.1. The molecule has 9 heteroatoms. The van der Waals surface area contributed by atoms with Crippen LogP contribution in [0.2, 0.25) is 0 Å². The van der Waals surface area contributed by atoms with Crippen LogP contribution >= 0.6 is 0 Å². The number of ether oxygens (including phenoxy) is 1. The van der Waals surface area contributed by atoms with Gasteiger partial charge in [-0.15, -0.1) is 0 Å². The minimum Gasteiger partial charge on any atom is -0.444 e. The Balaban J connectivity index is 2.55. The highest BCUT2D eigenvalue weighted by atomic mass is 16.6. The van der Waals surface area contributed by atoms with Crippen molar-refractivity contribution >= 4 is 29.9 Å². The van der Waals surface area contributed by atoms with Crippen LogP contribution in [0.3, 0.4) is 0 Å². The first-order valence-electron chi connectivity index (χ1n) is 13.3. The highest BCUT2D eigenvalue weighted by Crippen LogP contribution is 2.32. The molecule has 0 radical (unpaired) electrons. The van der Waals surface area contributed by atoms with Gasteiger partial charge in [-0.05, 0) is 71.6 Å². The Hall–Kier alpha value is -3.36. The van der Waals surface area contributed by atoms with Gasteiger partial charge in [0.1, 0.15) is 17.7 Å². The fourth-order valence-corrected chi connectivity index (χ4v) is 4.66. The van der Waals surface area contributed by atoms with Crippen LogP contribution in [-0.4, -0.2) is 51.9 Å². The molecule has 4 N–H and O–H groups in total. The molecule has 2 atom stereocenters. The molecular formula is C29H44N4O5. The maximum atomic E-state index is 14.1. The zero-order valence-electron chi connectivity index (χ0n) is 23.6. The molecular weight excluding hydrogens is 484 g/mol. The average Bonchev–Trinajstić information content (AvgIpc) is 2.80. The molecule has 1 aliphatic carbocycles. The van der Waals surface area contributed by atoms with Crippen molar-refractivity contribution in [2.75, 3.05) is 0 Å². The van der Waals surface area contributed by atoms with Gasteiger partial charge in [-0.2, -0.15) is 0 Å². The van der Waals surface area contributed by atoms with E-state index in [1.165, 1.54) is 4.90 Å². The van der Waals surface area contributed by atoms with Gasteiger partial charge in [0.05, 0.1) is 6.42 Å². The van der Waals surface area contributed by atoms with Gasteiger partial charge < -0.3 is 26.0 Å². The summed E-state index contributed by atoms with van der Waals surface area (Å²) in [5.74, 6) is -1.71. The molecule has 0 bridgehead atoms. The SMILES string of the molecule is C=Cc1cccc(C(C(=O)NC2CCCCC2)N(C(=O)C(CC(N)=O)NC(=O)OC(C)(C)C)C(C)(C)C)c1. The van der Waals surface area contributed by atoms with E-state index in [1.54, 1.807) is 59.8 Å². The first kappa shape index (κ1) is 30.9. The number of carbonyl (C=O) groups is 4.